The number of halogens is 1. The van der Waals surface area contributed by atoms with Gasteiger partial charge in [0.15, 0.2) is 5.13 Å². The minimum Gasteiger partial charge on any atom is -0.481 e. The van der Waals surface area contributed by atoms with E-state index >= 15 is 0 Å². The molecule has 0 amide bonds. The summed E-state index contributed by atoms with van der Waals surface area (Å²) in [6.07, 6.45) is 0.456. The number of anilines is 2. The summed E-state index contributed by atoms with van der Waals surface area (Å²) in [5, 5.41) is 14.0. The number of rotatable bonds is 5. The van der Waals surface area contributed by atoms with Crippen LogP contribution in [0.3, 0.4) is 0 Å². The summed E-state index contributed by atoms with van der Waals surface area (Å²) < 4.78 is 13.4. The second-order valence-corrected chi connectivity index (χ2v) is 4.98. The Kier molecular flexibility index (Phi) is 4.11. The lowest BCUT2D eigenvalue weighted by atomic mass is 10.2. The summed E-state index contributed by atoms with van der Waals surface area (Å²) >= 11 is 1.37. The summed E-state index contributed by atoms with van der Waals surface area (Å²) in [4.78, 5) is 14.7. The Hall–Kier alpha value is -1.95. The molecule has 0 fully saturated rings. The van der Waals surface area contributed by atoms with Gasteiger partial charge in [-0.25, -0.2) is 9.37 Å². The van der Waals surface area contributed by atoms with Crippen molar-refractivity contribution < 1.29 is 14.3 Å². The van der Waals surface area contributed by atoms with Gasteiger partial charge in [0.2, 0.25) is 0 Å². The normalized spacial score (nSPS) is 10.4. The highest BCUT2D eigenvalue weighted by molar-refractivity contribution is 7.13. The van der Waals surface area contributed by atoms with Crippen LogP contribution in [0, 0.1) is 12.7 Å². The molecule has 0 atom stereocenters. The van der Waals surface area contributed by atoms with E-state index in [2.05, 4.69) is 10.3 Å². The fraction of sp³-hybridized carbons (Fsp3) is 0.231. The first-order valence-electron chi connectivity index (χ1n) is 5.74. The fourth-order valence-corrected chi connectivity index (χ4v) is 2.27. The molecule has 0 radical (unpaired) electrons. The van der Waals surface area contributed by atoms with Gasteiger partial charge in [-0.15, -0.1) is 11.3 Å². The third-order valence-corrected chi connectivity index (χ3v) is 3.38. The average molecular weight is 280 g/mol. The minimum absolute atomic E-state index is 0.0579. The highest BCUT2D eigenvalue weighted by atomic mass is 32.1. The first kappa shape index (κ1) is 13.5. The van der Waals surface area contributed by atoms with E-state index in [0.717, 1.165) is 5.69 Å². The molecule has 0 aliphatic carbocycles. The molecule has 2 N–H and O–H groups in total. The third-order valence-electron chi connectivity index (χ3n) is 2.57. The fourth-order valence-electron chi connectivity index (χ4n) is 1.51. The quantitative estimate of drug-likeness (QED) is 0.881. The zero-order valence-corrected chi connectivity index (χ0v) is 11.1. The number of aromatic nitrogens is 1. The lowest BCUT2D eigenvalue weighted by Gasteiger charge is -2.03. The maximum absolute atomic E-state index is 13.4. The van der Waals surface area contributed by atoms with Crippen LogP contribution < -0.4 is 5.32 Å². The highest BCUT2D eigenvalue weighted by Crippen LogP contribution is 2.22. The number of carboxylic acid groups (broad SMARTS) is 1. The molecule has 6 heteroatoms. The summed E-state index contributed by atoms with van der Waals surface area (Å²) in [5.41, 5.74) is 1.94. The molecule has 1 aromatic carbocycles. The zero-order valence-electron chi connectivity index (χ0n) is 10.3. The Balaban J connectivity index is 2.02. The monoisotopic (exact) mass is 280 g/mol. The maximum Gasteiger partial charge on any atom is 0.303 e. The lowest BCUT2D eigenvalue weighted by molar-refractivity contribution is -0.136. The number of carboxylic acids is 1. The van der Waals surface area contributed by atoms with Gasteiger partial charge in [0, 0.05) is 17.5 Å². The molecule has 4 nitrogen and oxygen atoms in total. The van der Waals surface area contributed by atoms with E-state index in [-0.39, 0.29) is 12.2 Å². The van der Waals surface area contributed by atoms with Gasteiger partial charge in [-0.3, -0.25) is 4.79 Å². The SMILES string of the molecule is Cc1ccc(Nc2nc(CCC(=O)O)cs2)cc1F. The van der Waals surface area contributed by atoms with Crippen molar-refractivity contribution in [2.75, 3.05) is 5.32 Å². The molecule has 0 aliphatic heterocycles. The van der Waals surface area contributed by atoms with E-state index in [1.54, 1.807) is 24.4 Å². The second kappa shape index (κ2) is 5.79. The maximum atomic E-state index is 13.4. The summed E-state index contributed by atoms with van der Waals surface area (Å²) in [5.74, 6) is -1.12. The van der Waals surface area contributed by atoms with Gasteiger partial charge < -0.3 is 10.4 Å². The van der Waals surface area contributed by atoms with Gasteiger partial charge in [-0.2, -0.15) is 0 Å². The Morgan fingerprint density at radius 3 is 3.00 bits per heavy atom. The largest absolute Gasteiger partial charge is 0.481 e. The number of thiazole rings is 1. The molecular formula is C13H13FN2O2S. The van der Waals surface area contributed by atoms with Gasteiger partial charge in [0.25, 0.3) is 0 Å². The second-order valence-electron chi connectivity index (χ2n) is 4.13. The number of nitrogens with one attached hydrogen (secondary N) is 1. The van der Waals surface area contributed by atoms with Crippen molar-refractivity contribution in [1.29, 1.82) is 0 Å². The van der Waals surface area contributed by atoms with Crippen molar-refractivity contribution in [1.82, 2.24) is 4.98 Å². The molecule has 0 bridgehead atoms. The molecule has 0 spiro atoms. The Labute approximate surface area is 113 Å². The number of benzene rings is 1. The smallest absolute Gasteiger partial charge is 0.303 e. The molecule has 1 heterocycles. The molecule has 2 aromatic rings. The molecular weight excluding hydrogens is 267 g/mol. The topological polar surface area (TPSA) is 62.2 Å². The highest BCUT2D eigenvalue weighted by Gasteiger charge is 2.06. The van der Waals surface area contributed by atoms with Crippen LogP contribution in [0.2, 0.25) is 0 Å². The molecule has 2 rings (SSSR count). The van der Waals surface area contributed by atoms with Gasteiger partial charge >= 0.3 is 5.97 Å². The van der Waals surface area contributed by atoms with Crippen LogP contribution in [0.25, 0.3) is 0 Å². The van der Waals surface area contributed by atoms with E-state index in [4.69, 9.17) is 5.11 Å². The molecule has 0 aliphatic rings. The van der Waals surface area contributed by atoms with Crippen LogP contribution in [0.4, 0.5) is 15.2 Å². The van der Waals surface area contributed by atoms with Crippen molar-refractivity contribution in [2.45, 2.75) is 19.8 Å². The Morgan fingerprint density at radius 1 is 1.53 bits per heavy atom. The van der Waals surface area contributed by atoms with E-state index in [9.17, 15) is 9.18 Å². The van der Waals surface area contributed by atoms with Crippen LogP contribution in [0.1, 0.15) is 17.7 Å². The third kappa shape index (κ3) is 3.75. The van der Waals surface area contributed by atoms with E-state index < -0.39 is 5.97 Å². The van der Waals surface area contributed by atoms with Gasteiger partial charge in [0.1, 0.15) is 5.82 Å². The van der Waals surface area contributed by atoms with Crippen LogP contribution in [-0.2, 0) is 11.2 Å². The molecule has 100 valence electrons. The first-order chi connectivity index (χ1) is 9.04. The van der Waals surface area contributed by atoms with E-state index in [1.165, 1.54) is 17.4 Å². The van der Waals surface area contributed by atoms with E-state index in [1.807, 2.05) is 0 Å². The number of nitrogens with zero attached hydrogens (tertiary/aromatic N) is 1. The molecule has 1 aromatic heterocycles. The minimum atomic E-state index is -0.844. The molecule has 0 saturated heterocycles. The van der Waals surface area contributed by atoms with Crippen molar-refractivity contribution >= 4 is 28.1 Å². The molecule has 0 saturated carbocycles. The number of aryl methyl sites for hydroxylation is 2. The van der Waals surface area contributed by atoms with Crippen molar-refractivity contribution in [3.63, 3.8) is 0 Å². The zero-order chi connectivity index (χ0) is 13.8. The standard InChI is InChI=1S/C13H13FN2O2S/c1-8-2-3-9(6-11(8)14)15-13-16-10(7-19-13)4-5-12(17)18/h2-3,6-7H,4-5H2,1H3,(H,15,16)(H,17,18). The van der Waals surface area contributed by atoms with Crippen molar-refractivity contribution in [3.05, 3.63) is 40.7 Å². The Morgan fingerprint density at radius 2 is 2.32 bits per heavy atom. The summed E-state index contributed by atoms with van der Waals surface area (Å²) in [7, 11) is 0. The summed E-state index contributed by atoms with van der Waals surface area (Å²) in [6.45, 7) is 1.70. The average Bonchev–Trinajstić information content (AvgIpc) is 2.79. The first-order valence-corrected chi connectivity index (χ1v) is 6.62. The van der Waals surface area contributed by atoms with Crippen molar-refractivity contribution in [3.8, 4) is 0 Å². The van der Waals surface area contributed by atoms with E-state index in [0.29, 0.717) is 22.8 Å². The van der Waals surface area contributed by atoms with Gasteiger partial charge in [-0.05, 0) is 24.6 Å². The Bertz CT molecular complexity index is 598. The van der Waals surface area contributed by atoms with Crippen LogP contribution >= 0.6 is 11.3 Å². The molecule has 19 heavy (non-hydrogen) atoms. The number of hydrogen-bond donors (Lipinski definition) is 2. The predicted octanol–water partition coefficient (Wildman–Crippen LogP) is 3.35. The van der Waals surface area contributed by atoms with Crippen LogP contribution in [-0.4, -0.2) is 16.1 Å². The van der Waals surface area contributed by atoms with Crippen LogP contribution in [0.5, 0.6) is 0 Å². The summed E-state index contributed by atoms with van der Waals surface area (Å²) in [6, 6.07) is 4.88. The van der Waals surface area contributed by atoms with Gasteiger partial charge in [-0.1, -0.05) is 6.07 Å². The molecule has 0 unspecified atom stereocenters. The number of hydrogen-bond acceptors (Lipinski definition) is 4. The predicted molar refractivity (Wildman–Crippen MR) is 72.5 cm³/mol. The number of aliphatic carboxylic acids is 1. The number of carbonyl (C=O) groups is 1. The van der Waals surface area contributed by atoms with Crippen LogP contribution in [0.15, 0.2) is 23.6 Å². The van der Waals surface area contributed by atoms with Gasteiger partial charge in [0.05, 0.1) is 12.1 Å². The van der Waals surface area contributed by atoms with Crippen molar-refractivity contribution in [2.24, 2.45) is 0 Å². The lowest BCUT2D eigenvalue weighted by Crippen LogP contribution is -1.98.